The van der Waals surface area contributed by atoms with Crippen LogP contribution in [0.25, 0.3) is 0 Å². The second-order valence-corrected chi connectivity index (χ2v) is 7.62. The van der Waals surface area contributed by atoms with Crippen molar-refractivity contribution in [3.63, 3.8) is 0 Å². The number of carbonyl (C=O) groups is 2. The third-order valence-corrected chi connectivity index (χ3v) is 5.81. The summed E-state index contributed by atoms with van der Waals surface area (Å²) < 4.78 is 13.8. The van der Waals surface area contributed by atoms with Crippen LogP contribution in [0.5, 0.6) is 0 Å². The molecule has 29 heavy (non-hydrogen) atoms. The molecule has 0 aliphatic carbocycles. The highest BCUT2D eigenvalue weighted by molar-refractivity contribution is 5.89. The van der Waals surface area contributed by atoms with Crippen molar-refractivity contribution in [2.45, 2.75) is 13.0 Å². The van der Waals surface area contributed by atoms with Crippen LogP contribution in [-0.4, -0.2) is 41.4 Å². The Hall–Kier alpha value is -3.40. The molecule has 3 amide bonds. The molecule has 2 saturated heterocycles. The Kier molecular flexibility index (Phi) is 4.93. The van der Waals surface area contributed by atoms with Gasteiger partial charge in [0.15, 0.2) is 0 Å². The van der Waals surface area contributed by atoms with Crippen LogP contribution < -0.4 is 5.32 Å². The molecule has 2 heterocycles. The van der Waals surface area contributed by atoms with E-state index >= 15 is 0 Å². The third-order valence-electron chi connectivity index (χ3n) is 5.81. The minimum atomic E-state index is -0.331. The molecular weight excluding hydrogens is 371 g/mol. The quantitative estimate of drug-likeness (QED) is 0.851. The van der Waals surface area contributed by atoms with Crippen LogP contribution in [0.3, 0.4) is 0 Å². The van der Waals surface area contributed by atoms with Crippen molar-refractivity contribution < 1.29 is 14.0 Å². The van der Waals surface area contributed by atoms with Crippen LogP contribution >= 0.6 is 0 Å². The number of carbonyl (C=O) groups excluding carboxylic acids is 2. The van der Waals surface area contributed by atoms with Gasteiger partial charge in [-0.1, -0.05) is 12.1 Å². The summed E-state index contributed by atoms with van der Waals surface area (Å²) in [5.41, 5.74) is 1.92. The summed E-state index contributed by atoms with van der Waals surface area (Å²) in [6, 6.07) is 14.6. The zero-order chi connectivity index (χ0) is 20.5. The van der Waals surface area contributed by atoms with Crippen molar-refractivity contribution in [2.75, 3.05) is 25.0 Å². The van der Waals surface area contributed by atoms with Gasteiger partial charge in [0.25, 0.3) is 0 Å². The van der Waals surface area contributed by atoms with Crippen molar-refractivity contribution >= 4 is 17.6 Å². The fraction of sp³-hybridized carbons (Fsp3) is 0.318. The molecule has 2 aromatic rings. The second-order valence-electron chi connectivity index (χ2n) is 7.62. The number of fused-ring (bicyclic) bond motifs is 1. The predicted octanol–water partition coefficient (Wildman–Crippen LogP) is 3.38. The lowest BCUT2D eigenvalue weighted by molar-refractivity contribution is -0.130. The number of hydrogen-bond acceptors (Lipinski definition) is 3. The molecule has 0 bridgehead atoms. The summed E-state index contributed by atoms with van der Waals surface area (Å²) >= 11 is 0. The molecule has 2 aliphatic rings. The minimum Gasteiger partial charge on any atom is -0.335 e. The summed E-state index contributed by atoms with van der Waals surface area (Å²) in [4.78, 5) is 28.4. The Labute approximate surface area is 168 Å². The Morgan fingerprint density at radius 2 is 1.90 bits per heavy atom. The molecule has 7 heteroatoms. The zero-order valence-corrected chi connectivity index (χ0v) is 16.0. The van der Waals surface area contributed by atoms with Gasteiger partial charge in [0, 0.05) is 44.1 Å². The SMILES string of the molecule is CC(=O)N1C[C@H]2CN(C(=O)Nc3ccc(C#N)cc3)C[C@H]2[C@H]1c1cccc(F)c1. The van der Waals surface area contributed by atoms with E-state index in [4.69, 9.17) is 5.26 Å². The van der Waals surface area contributed by atoms with Gasteiger partial charge in [0.05, 0.1) is 17.7 Å². The minimum absolute atomic E-state index is 0.0396. The van der Waals surface area contributed by atoms with Crippen LogP contribution in [-0.2, 0) is 4.79 Å². The maximum atomic E-state index is 13.8. The lowest BCUT2D eigenvalue weighted by atomic mass is 9.89. The fourth-order valence-corrected chi connectivity index (χ4v) is 4.48. The summed E-state index contributed by atoms with van der Waals surface area (Å²) in [5, 5.41) is 11.7. The number of rotatable bonds is 2. The van der Waals surface area contributed by atoms with Gasteiger partial charge in [-0.25, -0.2) is 9.18 Å². The van der Waals surface area contributed by atoms with Crippen LogP contribution in [0.2, 0.25) is 0 Å². The van der Waals surface area contributed by atoms with Crippen molar-refractivity contribution in [3.05, 3.63) is 65.5 Å². The normalized spacial score (nSPS) is 22.9. The monoisotopic (exact) mass is 392 g/mol. The molecule has 0 unspecified atom stereocenters. The Morgan fingerprint density at radius 3 is 2.55 bits per heavy atom. The number of nitrogens with zero attached hydrogens (tertiary/aromatic N) is 3. The van der Waals surface area contributed by atoms with E-state index in [1.54, 1.807) is 40.1 Å². The molecule has 3 atom stereocenters. The molecule has 0 spiro atoms. The van der Waals surface area contributed by atoms with Gasteiger partial charge in [-0.3, -0.25) is 4.79 Å². The number of halogens is 1. The number of nitriles is 1. The molecule has 0 radical (unpaired) electrons. The molecule has 1 N–H and O–H groups in total. The molecular formula is C22H21FN4O2. The number of hydrogen-bond donors (Lipinski definition) is 1. The lowest BCUT2D eigenvalue weighted by Gasteiger charge is -2.29. The summed E-state index contributed by atoms with van der Waals surface area (Å²) in [7, 11) is 0. The average Bonchev–Trinajstić information content (AvgIpc) is 3.26. The summed E-state index contributed by atoms with van der Waals surface area (Å²) in [5.74, 6) is -0.156. The van der Waals surface area contributed by atoms with Crippen LogP contribution in [0, 0.1) is 29.0 Å². The zero-order valence-electron chi connectivity index (χ0n) is 16.0. The second kappa shape index (κ2) is 7.55. The fourth-order valence-electron chi connectivity index (χ4n) is 4.48. The van der Waals surface area contributed by atoms with Crippen molar-refractivity contribution in [3.8, 4) is 6.07 Å². The highest BCUT2D eigenvalue weighted by Crippen LogP contribution is 2.45. The van der Waals surface area contributed by atoms with Gasteiger partial charge in [0.1, 0.15) is 5.82 Å². The Bertz CT molecular complexity index is 985. The lowest BCUT2D eigenvalue weighted by Crippen LogP contribution is -2.38. The van der Waals surface area contributed by atoms with E-state index in [1.807, 2.05) is 12.1 Å². The predicted molar refractivity (Wildman–Crippen MR) is 105 cm³/mol. The van der Waals surface area contributed by atoms with Crippen molar-refractivity contribution in [1.82, 2.24) is 9.80 Å². The first-order valence-corrected chi connectivity index (χ1v) is 9.55. The number of nitrogens with one attached hydrogen (secondary N) is 1. The average molecular weight is 392 g/mol. The molecule has 0 aromatic heterocycles. The van der Waals surface area contributed by atoms with E-state index in [-0.39, 0.29) is 35.6 Å². The number of urea groups is 1. The summed E-state index contributed by atoms with van der Waals surface area (Å²) in [6.07, 6.45) is 0. The standard InChI is InChI=1S/C22H21FN4O2/c1-14(28)27-12-17-11-26(22(29)25-19-7-5-15(10-24)6-8-19)13-20(17)21(27)16-3-2-4-18(23)9-16/h2-9,17,20-21H,11-13H2,1H3,(H,25,29)/t17-,20-,21-/m1/s1. The largest absolute Gasteiger partial charge is 0.335 e. The van der Waals surface area contributed by atoms with Gasteiger partial charge < -0.3 is 15.1 Å². The first-order chi connectivity index (χ1) is 14.0. The van der Waals surface area contributed by atoms with Gasteiger partial charge in [-0.15, -0.1) is 0 Å². The van der Waals surface area contributed by atoms with E-state index in [9.17, 15) is 14.0 Å². The van der Waals surface area contributed by atoms with Crippen LogP contribution in [0.15, 0.2) is 48.5 Å². The maximum absolute atomic E-state index is 13.8. The van der Waals surface area contributed by atoms with Gasteiger partial charge >= 0.3 is 6.03 Å². The number of amides is 3. The van der Waals surface area contributed by atoms with E-state index in [0.29, 0.717) is 30.9 Å². The van der Waals surface area contributed by atoms with E-state index in [2.05, 4.69) is 5.32 Å². The molecule has 148 valence electrons. The Morgan fingerprint density at radius 1 is 1.14 bits per heavy atom. The number of likely N-dealkylation sites (tertiary alicyclic amines) is 2. The molecule has 2 fully saturated rings. The van der Waals surface area contributed by atoms with E-state index in [1.165, 1.54) is 19.1 Å². The van der Waals surface area contributed by atoms with Gasteiger partial charge in [-0.05, 0) is 42.0 Å². The highest BCUT2D eigenvalue weighted by Gasteiger charge is 2.49. The topological polar surface area (TPSA) is 76.4 Å². The van der Waals surface area contributed by atoms with Crippen molar-refractivity contribution in [1.29, 1.82) is 5.26 Å². The number of anilines is 1. The highest BCUT2D eigenvalue weighted by atomic mass is 19.1. The first-order valence-electron chi connectivity index (χ1n) is 9.55. The maximum Gasteiger partial charge on any atom is 0.321 e. The molecule has 2 aliphatic heterocycles. The van der Waals surface area contributed by atoms with Crippen LogP contribution in [0.1, 0.15) is 24.1 Å². The summed E-state index contributed by atoms with van der Waals surface area (Å²) in [6.45, 7) is 3.13. The number of benzene rings is 2. The molecule has 6 nitrogen and oxygen atoms in total. The Balaban J connectivity index is 1.50. The van der Waals surface area contributed by atoms with Crippen LogP contribution in [0.4, 0.5) is 14.9 Å². The van der Waals surface area contributed by atoms with E-state index < -0.39 is 0 Å². The first kappa shape index (κ1) is 18.9. The van der Waals surface area contributed by atoms with E-state index in [0.717, 1.165) is 5.56 Å². The van der Waals surface area contributed by atoms with Crippen molar-refractivity contribution in [2.24, 2.45) is 11.8 Å². The van der Waals surface area contributed by atoms with Gasteiger partial charge in [-0.2, -0.15) is 5.26 Å². The molecule has 0 saturated carbocycles. The van der Waals surface area contributed by atoms with Gasteiger partial charge in [0.2, 0.25) is 5.91 Å². The third kappa shape index (κ3) is 3.66. The molecule has 2 aromatic carbocycles. The smallest absolute Gasteiger partial charge is 0.321 e. The molecule has 4 rings (SSSR count).